The van der Waals surface area contributed by atoms with Gasteiger partial charge in [-0.15, -0.1) is 0 Å². The molecule has 1 aromatic rings. The number of benzene rings is 1. The van der Waals surface area contributed by atoms with Gasteiger partial charge in [0.15, 0.2) is 5.82 Å². The average Bonchev–Trinajstić information content (AvgIpc) is 1.82. The van der Waals surface area contributed by atoms with E-state index in [-0.39, 0.29) is 5.82 Å². The Hall–Kier alpha value is 0.840. The van der Waals surface area contributed by atoms with Crippen LogP contribution in [0.15, 0.2) is 21.1 Å². The van der Waals surface area contributed by atoms with Crippen molar-refractivity contribution >= 4 is 54.5 Å². The first-order valence-corrected chi connectivity index (χ1v) is 5.08. The van der Waals surface area contributed by atoms with Gasteiger partial charge in [0.25, 0.3) is 0 Å². The number of hydrogen-bond acceptors (Lipinski definition) is 0. The maximum absolute atomic E-state index is 12.8. The van der Waals surface area contributed by atoms with Crippen LogP contribution in [0.4, 0.5) is 4.39 Å². The molecule has 0 heterocycles. The number of rotatable bonds is 0. The van der Waals surface area contributed by atoms with Crippen LogP contribution in [0.1, 0.15) is 0 Å². The first kappa shape index (κ1) is 8.93. The van der Waals surface area contributed by atoms with Crippen LogP contribution in [0.2, 0.25) is 0 Å². The van der Waals surface area contributed by atoms with E-state index in [9.17, 15) is 4.39 Å². The molecule has 0 aliphatic carbocycles. The lowest BCUT2D eigenvalue weighted by Crippen LogP contribution is -1.82. The third kappa shape index (κ3) is 1.92. The van der Waals surface area contributed by atoms with Gasteiger partial charge in [-0.3, -0.25) is 0 Å². The van der Waals surface area contributed by atoms with Gasteiger partial charge in [-0.05, 0) is 50.7 Å². The van der Waals surface area contributed by atoms with Gasteiger partial charge in [0, 0.05) is 4.47 Å². The largest absolute Gasteiger partial charge is 0.205 e. The number of halogens is 4. The van der Waals surface area contributed by atoms with E-state index in [0.29, 0.717) is 8.04 Å². The summed E-state index contributed by atoms with van der Waals surface area (Å²) in [6.45, 7) is 0. The van der Waals surface area contributed by atoms with Crippen molar-refractivity contribution in [1.82, 2.24) is 0 Å². The van der Waals surface area contributed by atoms with Crippen LogP contribution in [0.5, 0.6) is 0 Å². The van der Waals surface area contributed by atoms with E-state index in [4.69, 9.17) is 0 Å². The molecule has 0 bridgehead atoms. The Morgan fingerprint density at radius 3 is 2.40 bits per heavy atom. The van der Waals surface area contributed by atoms with Crippen molar-refractivity contribution in [3.05, 3.63) is 30.5 Å². The number of hydrogen-bond donors (Lipinski definition) is 0. The summed E-state index contributed by atoms with van der Waals surface area (Å²) in [5.41, 5.74) is 0. The fourth-order valence-corrected chi connectivity index (χ4v) is 3.17. The van der Waals surface area contributed by atoms with E-state index in [1.54, 1.807) is 12.1 Å². The zero-order chi connectivity index (χ0) is 7.72. The van der Waals surface area contributed by atoms with Crippen molar-refractivity contribution < 1.29 is 4.39 Å². The Balaban J connectivity index is 3.31. The van der Waals surface area contributed by atoms with E-state index >= 15 is 0 Å². The predicted octanol–water partition coefficient (Wildman–Crippen LogP) is 3.96. The van der Waals surface area contributed by atoms with E-state index in [1.807, 2.05) is 22.6 Å². The Labute approximate surface area is 88.6 Å². The van der Waals surface area contributed by atoms with Crippen molar-refractivity contribution in [3.8, 4) is 0 Å². The van der Waals surface area contributed by atoms with Gasteiger partial charge in [-0.25, -0.2) is 4.39 Å². The van der Waals surface area contributed by atoms with Crippen LogP contribution in [-0.4, -0.2) is 0 Å². The van der Waals surface area contributed by atoms with Crippen LogP contribution in [0, 0.1) is 9.39 Å². The fourth-order valence-electron chi connectivity index (χ4n) is 0.525. The minimum atomic E-state index is -0.205. The maximum atomic E-state index is 12.8. The van der Waals surface area contributed by atoms with Gasteiger partial charge in [-0.2, -0.15) is 0 Å². The predicted molar refractivity (Wildman–Crippen MR) is 54.5 cm³/mol. The molecule has 0 fully saturated rings. The van der Waals surface area contributed by atoms with Gasteiger partial charge >= 0.3 is 0 Å². The second-order valence-electron chi connectivity index (χ2n) is 1.68. The van der Waals surface area contributed by atoms with Gasteiger partial charge < -0.3 is 0 Å². The van der Waals surface area contributed by atoms with Crippen LogP contribution in [0.3, 0.4) is 0 Å². The molecule has 0 radical (unpaired) electrons. The molecule has 0 saturated carbocycles. The normalized spacial score (nSPS) is 10.0. The first-order valence-electron chi connectivity index (χ1n) is 2.41. The molecular formula is C6H2Br2FI. The molecule has 0 spiro atoms. The molecule has 0 saturated heterocycles. The summed E-state index contributed by atoms with van der Waals surface area (Å²) in [6.07, 6.45) is 0. The zero-order valence-corrected chi connectivity index (χ0v) is 10.00. The summed E-state index contributed by atoms with van der Waals surface area (Å²) in [6, 6.07) is 3.40. The van der Waals surface area contributed by atoms with Crippen molar-refractivity contribution in [1.29, 1.82) is 0 Å². The van der Waals surface area contributed by atoms with Crippen molar-refractivity contribution in [3.63, 3.8) is 0 Å². The topological polar surface area (TPSA) is 0 Å². The molecule has 1 aromatic carbocycles. The highest BCUT2D eigenvalue weighted by Gasteiger charge is 2.03. The maximum Gasteiger partial charge on any atom is 0.150 e. The average molecular weight is 380 g/mol. The fraction of sp³-hybridized carbons (Fsp3) is 0. The lowest BCUT2D eigenvalue weighted by atomic mass is 10.4. The Morgan fingerprint density at radius 2 is 1.90 bits per heavy atom. The lowest BCUT2D eigenvalue weighted by molar-refractivity contribution is 0.613. The summed E-state index contributed by atoms with van der Waals surface area (Å²) in [7, 11) is 0. The SMILES string of the molecule is Fc1c(Br)cc(Br)cc1I. The minimum absolute atomic E-state index is 0.205. The second kappa shape index (κ2) is 3.49. The van der Waals surface area contributed by atoms with Gasteiger partial charge in [0.2, 0.25) is 0 Å². The molecule has 54 valence electrons. The highest BCUT2D eigenvalue weighted by Crippen LogP contribution is 2.25. The van der Waals surface area contributed by atoms with Crippen molar-refractivity contribution in [2.45, 2.75) is 0 Å². The van der Waals surface area contributed by atoms with E-state index in [2.05, 4.69) is 31.9 Å². The van der Waals surface area contributed by atoms with Crippen molar-refractivity contribution in [2.24, 2.45) is 0 Å². The molecule has 1 rings (SSSR count). The molecule has 0 nitrogen and oxygen atoms in total. The highest BCUT2D eigenvalue weighted by molar-refractivity contribution is 14.1. The van der Waals surface area contributed by atoms with Crippen LogP contribution in [-0.2, 0) is 0 Å². The Morgan fingerprint density at radius 1 is 1.30 bits per heavy atom. The standard InChI is InChI=1S/C6H2Br2FI/c7-3-1-4(8)6(9)5(10)2-3/h1-2H. The van der Waals surface area contributed by atoms with Gasteiger partial charge in [0.05, 0.1) is 8.04 Å². The lowest BCUT2D eigenvalue weighted by Gasteiger charge is -1.97. The third-order valence-electron chi connectivity index (χ3n) is 0.949. The zero-order valence-electron chi connectivity index (χ0n) is 4.67. The summed E-state index contributed by atoms with van der Waals surface area (Å²) in [5.74, 6) is -0.205. The molecular weight excluding hydrogens is 378 g/mol. The van der Waals surface area contributed by atoms with E-state index < -0.39 is 0 Å². The van der Waals surface area contributed by atoms with E-state index in [1.165, 1.54) is 0 Å². The quantitative estimate of drug-likeness (QED) is 0.364. The van der Waals surface area contributed by atoms with E-state index in [0.717, 1.165) is 4.47 Å². The summed E-state index contributed by atoms with van der Waals surface area (Å²) < 4.78 is 14.8. The molecule has 0 amide bonds. The minimum Gasteiger partial charge on any atom is -0.205 e. The molecule has 0 aliphatic rings. The molecule has 10 heavy (non-hydrogen) atoms. The van der Waals surface area contributed by atoms with Crippen LogP contribution in [0.25, 0.3) is 0 Å². The van der Waals surface area contributed by atoms with Gasteiger partial charge in [-0.1, -0.05) is 15.9 Å². The van der Waals surface area contributed by atoms with Crippen molar-refractivity contribution in [2.75, 3.05) is 0 Å². The summed E-state index contributed by atoms with van der Waals surface area (Å²) in [4.78, 5) is 0. The highest BCUT2D eigenvalue weighted by atomic mass is 127. The second-order valence-corrected chi connectivity index (χ2v) is 4.62. The van der Waals surface area contributed by atoms with Gasteiger partial charge in [0.1, 0.15) is 0 Å². The third-order valence-corrected chi connectivity index (χ3v) is 2.77. The Kier molecular flexibility index (Phi) is 3.12. The molecule has 0 unspecified atom stereocenters. The summed E-state index contributed by atoms with van der Waals surface area (Å²) >= 11 is 8.27. The molecule has 0 N–H and O–H groups in total. The smallest absolute Gasteiger partial charge is 0.150 e. The molecule has 0 atom stereocenters. The molecule has 0 aromatic heterocycles. The van der Waals surface area contributed by atoms with Crippen LogP contribution < -0.4 is 0 Å². The molecule has 0 aliphatic heterocycles. The first-order chi connectivity index (χ1) is 4.61. The Bertz CT molecular complexity index is 239. The van der Waals surface area contributed by atoms with Crippen LogP contribution >= 0.6 is 54.5 Å². The molecule has 4 heteroatoms. The monoisotopic (exact) mass is 378 g/mol. The summed E-state index contributed by atoms with van der Waals surface area (Å²) in [5, 5.41) is 0.